The average molecular weight is 1420 g/mol. The Morgan fingerprint density at radius 1 is 0.289 bits per heavy atom. The number of rotatable bonds is 77. The average Bonchev–Trinajstić information content (AvgIpc) is 1.01. The molecule has 0 bridgehead atoms. The summed E-state index contributed by atoms with van der Waals surface area (Å²) in [6.45, 7) is 9.60. The van der Waals surface area contributed by atoms with Crippen LogP contribution in [0.5, 0.6) is 0 Å². The maximum absolute atomic E-state index is 13.1. The molecule has 0 aliphatic carbocycles. The van der Waals surface area contributed by atoms with Crippen molar-refractivity contribution in [2.24, 2.45) is 11.8 Å². The van der Waals surface area contributed by atoms with Gasteiger partial charge in [0.2, 0.25) is 0 Å². The second kappa shape index (κ2) is 69.8. The fourth-order valence-electron chi connectivity index (χ4n) is 11.9. The van der Waals surface area contributed by atoms with E-state index in [1.807, 2.05) is 0 Å². The molecule has 0 heterocycles. The third-order valence-corrected chi connectivity index (χ3v) is 20.8. The van der Waals surface area contributed by atoms with E-state index in [4.69, 9.17) is 37.0 Å². The molecule has 0 aromatic rings. The summed E-state index contributed by atoms with van der Waals surface area (Å²) in [6.07, 6.45) is 58.2. The van der Waals surface area contributed by atoms with Gasteiger partial charge in [-0.3, -0.25) is 37.3 Å². The highest BCUT2D eigenvalue weighted by Crippen LogP contribution is 2.45. The van der Waals surface area contributed by atoms with Crippen LogP contribution < -0.4 is 0 Å². The standard InChI is InChI=1S/C78H152O17P2/c1-7-11-13-15-17-19-21-23-25-27-29-31-33-38-42-50-56-62-77(82)94-73(66-88-75(80)60-54-48-41-37-32-30-28-26-24-22-20-18-16-14-12-8-2)68-92-96(84,85)90-64-72(79)65-91-97(86,87)93-69-74(67-89-76(81)61-55-49-45-44-47-53-59-71(6)10-4)95-78(83)63-57-51-43-39-35-34-36-40-46-52-58-70(5)9-3/h70-74,79H,7-69H2,1-6H3,(H,84,85)(H,86,87)/t70?,71?,72-,73-,74-/m1/s1. The van der Waals surface area contributed by atoms with Gasteiger partial charge < -0.3 is 33.8 Å². The zero-order valence-corrected chi connectivity index (χ0v) is 65.2. The lowest BCUT2D eigenvalue weighted by molar-refractivity contribution is -0.161. The zero-order chi connectivity index (χ0) is 71.4. The molecule has 0 radical (unpaired) electrons. The summed E-state index contributed by atoms with van der Waals surface area (Å²) in [5, 5.41) is 10.6. The van der Waals surface area contributed by atoms with Crippen LogP contribution in [-0.4, -0.2) is 96.7 Å². The van der Waals surface area contributed by atoms with Crippen molar-refractivity contribution >= 4 is 39.5 Å². The van der Waals surface area contributed by atoms with E-state index in [9.17, 15) is 43.2 Å². The van der Waals surface area contributed by atoms with Gasteiger partial charge >= 0.3 is 39.5 Å². The minimum absolute atomic E-state index is 0.106. The van der Waals surface area contributed by atoms with Crippen LogP contribution in [0, 0.1) is 11.8 Å². The van der Waals surface area contributed by atoms with Crippen molar-refractivity contribution in [2.45, 2.75) is 426 Å². The van der Waals surface area contributed by atoms with Gasteiger partial charge in [0.25, 0.3) is 0 Å². The summed E-state index contributed by atoms with van der Waals surface area (Å²) in [5.41, 5.74) is 0. The Morgan fingerprint density at radius 2 is 0.495 bits per heavy atom. The van der Waals surface area contributed by atoms with Crippen LogP contribution in [-0.2, 0) is 65.4 Å². The normalized spacial score (nSPS) is 14.5. The van der Waals surface area contributed by atoms with Gasteiger partial charge in [-0.2, -0.15) is 0 Å². The minimum Gasteiger partial charge on any atom is -0.462 e. The summed E-state index contributed by atoms with van der Waals surface area (Å²) in [5.74, 6) is -0.579. The number of phosphoric acid groups is 2. The van der Waals surface area contributed by atoms with Crippen LogP contribution in [0.4, 0.5) is 0 Å². The van der Waals surface area contributed by atoms with Gasteiger partial charge in [0, 0.05) is 25.7 Å². The van der Waals surface area contributed by atoms with Gasteiger partial charge in [0.15, 0.2) is 12.2 Å². The molecule has 0 saturated carbocycles. The van der Waals surface area contributed by atoms with E-state index >= 15 is 0 Å². The lowest BCUT2D eigenvalue weighted by Gasteiger charge is -2.21. The van der Waals surface area contributed by atoms with Crippen molar-refractivity contribution in [1.29, 1.82) is 0 Å². The van der Waals surface area contributed by atoms with Crippen LogP contribution in [0.15, 0.2) is 0 Å². The van der Waals surface area contributed by atoms with Crippen molar-refractivity contribution < 1.29 is 80.2 Å². The van der Waals surface area contributed by atoms with E-state index in [2.05, 4.69) is 41.5 Å². The number of carbonyl (C=O) groups is 4. The SMILES string of the molecule is CCCCCCCCCCCCCCCCCCCC(=O)O[C@H](COC(=O)CCCCCCCCCCCCCCCCCC)COP(=O)(O)OC[C@@H](O)COP(=O)(O)OC[C@@H](COC(=O)CCCCCCCCC(C)CC)OC(=O)CCCCCCCCCCCCC(C)CC. The first-order valence-electron chi connectivity index (χ1n) is 40.6. The predicted molar refractivity (Wildman–Crippen MR) is 395 cm³/mol. The molecule has 4 unspecified atom stereocenters. The first-order valence-corrected chi connectivity index (χ1v) is 43.6. The fraction of sp³-hybridized carbons (Fsp3) is 0.949. The third-order valence-electron chi connectivity index (χ3n) is 18.9. The predicted octanol–water partition coefficient (Wildman–Crippen LogP) is 23.1. The molecule has 19 heteroatoms. The third kappa shape index (κ3) is 69.5. The van der Waals surface area contributed by atoms with Crippen molar-refractivity contribution in [3.8, 4) is 0 Å². The van der Waals surface area contributed by atoms with Crippen LogP contribution in [0.2, 0.25) is 0 Å². The number of unbranched alkanes of at least 4 members (excludes halogenated alkanes) is 45. The Bertz CT molecular complexity index is 1880. The number of ether oxygens (including phenoxy) is 4. The minimum atomic E-state index is -4.96. The van der Waals surface area contributed by atoms with Crippen LogP contribution in [0.3, 0.4) is 0 Å². The molecule has 0 aromatic carbocycles. The van der Waals surface area contributed by atoms with Crippen molar-refractivity contribution in [3.63, 3.8) is 0 Å². The largest absolute Gasteiger partial charge is 0.472 e. The highest BCUT2D eigenvalue weighted by Gasteiger charge is 2.30. The number of phosphoric ester groups is 2. The molecule has 17 nitrogen and oxygen atoms in total. The summed E-state index contributed by atoms with van der Waals surface area (Å²) in [7, 11) is -9.92. The van der Waals surface area contributed by atoms with Crippen molar-refractivity contribution in [3.05, 3.63) is 0 Å². The second-order valence-corrected chi connectivity index (χ2v) is 31.5. The Morgan fingerprint density at radius 3 is 0.732 bits per heavy atom. The first kappa shape index (κ1) is 95.1. The molecule has 0 aromatic heterocycles. The number of esters is 4. The van der Waals surface area contributed by atoms with E-state index in [0.717, 1.165) is 108 Å². The van der Waals surface area contributed by atoms with Gasteiger partial charge in [0.05, 0.1) is 26.4 Å². The highest BCUT2D eigenvalue weighted by atomic mass is 31.2. The number of carbonyl (C=O) groups excluding carboxylic acids is 4. The molecule has 0 spiro atoms. The molecule has 0 amide bonds. The van der Waals surface area contributed by atoms with Gasteiger partial charge in [0.1, 0.15) is 19.3 Å². The molecular weight excluding hydrogens is 1270 g/mol. The smallest absolute Gasteiger partial charge is 0.462 e. The molecule has 3 N–H and O–H groups in total. The molecule has 576 valence electrons. The van der Waals surface area contributed by atoms with E-state index in [1.54, 1.807) is 0 Å². The summed E-state index contributed by atoms with van der Waals surface area (Å²) >= 11 is 0. The van der Waals surface area contributed by atoms with E-state index in [1.165, 1.54) is 218 Å². The Balaban J connectivity index is 5.26. The van der Waals surface area contributed by atoms with Crippen LogP contribution in [0.25, 0.3) is 0 Å². The Kier molecular flexibility index (Phi) is 68.4. The van der Waals surface area contributed by atoms with Gasteiger partial charge in [-0.25, -0.2) is 9.13 Å². The molecule has 0 saturated heterocycles. The van der Waals surface area contributed by atoms with E-state index < -0.39 is 97.5 Å². The Hall–Kier alpha value is -1.94. The first-order chi connectivity index (χ1) is 46.9. The summed E-state index contributed by atoms with van der Waals surface area (Å²) < 4.78 is 68.6. The zero-order valence-electron chi connectivity index (χ0n) is 63.4. The quantitative estimate of drug-likeness (QED) is 0.0222. The summed E-state index contributed by atoms with van der Waals surface area (Å²) in [6, 6.07) is 0. The number of hydrogen-bond acceptors (Lipinski definition) is 15. The molecule has 0 fully saturated rings. The molecule has 97 heavy (non-hydrogen) atoms. The molecule has 0 aliphatic heterocycles. The molecule has 7 atom stereocenters. The second-order valence-electron chi connectivity index (χ2n) is 28.6. The Labute approximate surface area is 594 Å². The maximum Gasteiger partial charge on any atom is 0.472 e. The van der Waals surface area contributed by atoms with E-state index in [0.29, 0.717) is 25.7 Å². The van der Waals surface area contributed by atoms with Gasteiger partial charge in [-0.15, -0.1) is 0 Å². The van der Waals surface area contributed by atoms with Gasteiger partial charge in [-0.1, -0.05) is 356 Å². The number of hydrogen-bond donors (Lipinski definition) is 3. The maximum atomic E-state index is 13.1. The fourth-order valence-corrected chi connectivity index (χ4v) is 13.5. The number of aliphatic hydroxyl groups is 1. The lowest BCUT2D eigenvalue weighted by Crippen LogP contribution is -2.30. The topological polar surface area (TPSA) is 237 Å². The van der Waals surface area contributed by atoms with E-state index in [-0.39, 0.29) is 25.7 Å². The van der Waals surface area contributed by atoms with Crippen molar-refractivity contribution in [2.75, 3.05) is 39.6 Å². The van der Waals surface area contributed by atoms with Crippen molar-refractivity contribution in [1.82, 2.24) is 0 Å². The summed E-state index contributed by atoms with van der Waals surface area (Å²) in [4.78, 5) is 72.9. The van der Waals surface area contributed by atoms with Crippen LogP contribution >= 0.6 is 15.6 Å². The monoisotopic (exact) mass is 1420 g/mol. The van der Waals surface area contributed by atoms with Gasteiger partial charge in [-0.05, 0) is 37.5 Å². The van der Waals surface area contributed by atoms with Crippen LogP contribution in [0.1, 0.15) is 408 Å². The lowest BCUT2D eigenvalue weighted by atomic mass is 9.99. The highest BCUT2D eigenvalue weighted by molar-refractivity contribution is 7.47. The molecule has 0 rings (SSSR count). The number of aliphatic hydroxyl groups excluding tert-OH is 1. The molecule has 0 aliphatic rings. The molecular formula is C78H152O17P2.